The Hall–Kier alpha value is -0.0500. The average Bonchev–Trinajstić information content (AvgIpc) is 2.89. The normalized spacial score (nSPS) is 17.3. The molecule has 1 saturated carbocycles. The van der Waals surface area contributed by atoms with E-state index < -0.39 is 0 Å². The summed E-state index contributed by atoms with van der Waals surface area (Å²) >= 11 is 3.57. The molecule has 2 rings (SSSR count). The predicted molar refractivity (Wildman–Crippen MR) is 66.0 cm³/mol. The molecular formula is C11H15BrClN. The number of hydrogen-bond donors (Lipinski definition) is 1. The Kier molecular flexibility index (Phi) is 4.42. The highest BCUT2D eigenvalue weighted by Crippen LogP contribution is 2.27. The van der Waals surface area contributed by atoms with Gasteiger partial charge in [-0.15, -0.1) is 12.4 Å². The fourth-order valence-corrected chi connectivity index (χ4v) is 2.15. The van der Waals surface area contributed by atoms with E-state index in [4.69, 9.17) is 0 Å². The molecule has 1 atom stereocenters. The van der Waals surface area contributed by atoms with Crippen LogP contribution in [0.1, 0.15) is 31.4 Å². The highest BCUT2D eigenvalue weighted by atomic mass is 79.9. The van der Waals surface area contributed by atoms with E-state index in [2.05, 4.69) is 52.4 Å². The maximum Gasteiger partial charge on any atom is 0.0305 e. The van der Waals surface area contributed by atoms with Crippen molar-refractivity contribution in [3.8, 4) is 0 Å². The SMILES string of the molecule is C[C@H](NC1CC1)c1ccccc1Br.Cl. The van der Waals surface area contributed by atoms with Crippen LogP contribution in [0.2, 0.25) is 0 Å². The van der Waals surface area contributed by atoms with Crippen molar-refractivity contribution in [2.45, 2.75) is 31.8 Å². The van der Waals surface area contributed by atoms with Crippen LogP contribution in [0.25, 0.3) is 0 Å². The van der Waals surface area contributed by atoms with Crippen LogP contribution < -0.4 is 5.32 Å². The fourth-order valence-electron chi connectivity index (χ4n) is 1.52. The smallest absolute Gasteiger partial charge is 0.0305 e. The lowest BCUT2D eigenvalue weighted by atomic mass is 10.1. The van der Waals surface area contributed by atoms with E-state index in [0.29, 0.717) is 6.04 Å². The summed E-state index contributed by atoms with van der Waals surface area (Å²) in [6.45, 7) is 2.22. The molecule has 1 aliphatic carbocycles. The maximum absolute atomic E-state index is 3.58. The summed E-state index contributed by atoms with van der Waals surface area (Å²) < 4.78 is 1.20. The molecule has 1 aliphatic rings. The highest BCUT2D eigenvalue weighted by Gasteiger charge is 2.23. The molecule has 0 bridgehead atoms. The van der Waals surface area contributed by atoms with Gasteiger partial charge in [-0.2, -0.15) is 0 Å². The van der Waals surface area contributed by atoms with Crippen molar-refractivity contribution in [3.63, 3.8) is 0 Å². The first kappa shape index (κ1) is 12.0. The van der Waals surface area contributed by atoms with E-state index in [1.165, 1.54) is 22.9 Å². The molecule has 1 nitrogen and oxygen atoms in total. The summed E-state index contributed by atoms with van der Waals surface area (Å²) in [6, 6.07) is 9.64. The summed E-state index contributed by atoms with van der Waals surface area (Å²) in [5, 5.41) is 3.58. The van der Waals surface area contributed by atoms with Gasteiger partial charge in [0.1, 0.15) is 0 Å². The predicted octanol–water partition coefficient (Wildman–Crippen LogP) is 3.68. The number of halogens is 2. The number of rotatable bonds is 3. The first-order valence-electron chi connectivity index (χ1n) is 4.78. The number of hydrogen-bond acceptors (Lipinski definition) is 1. The molecule has 0 aliphatic heterocycles. The zero-order valence-electron chi connectivity index (χ0n) is 8.16. The van der Waals surface area contributed by atoms with Gasteiger partial charge in [-0.05, 0) is 31.4 Å². The maximum atomic E-state index is 3.58. The Balaban J connectivity index is 0.000000980. The minimum Gasteiger partial charge on any atom is -0.307 e. The molecule has 1 fully saturated rings. The molecule has 1 N–H and O–H groups in total. The standard InChI is InChI=1S/C11H14BrN.ClH/c1-8(13-9-6-7-9)10-4-2-3-5-11(10)12;/h2-5,8-9,13H,6-7H2,1H3;1H/t8-;/m0./s1. The molecule has 0 radical (unpaired) electrons. The zero-order valence-corrected chi connectivity index (χ0v) is 10.6. The van der Waals surface area contributed by atoms with E-state index in [1.807, 2.05) is 0 Å². The second-order valence-corrected chi connectivity index (χ2v) is 4.54. The Morgan fingerprint density at radius 2 is 2.00 bits per heavy atom. The van der Waals surface area contributed by atoms with Gasteiger partial charge in [0, 0.05) is 16.6 Å². The molecule has 3 heteroatoms. The van der Waals surface area contributed by atoms with E-state index in [9.17, 15) is 0 Å². The van der Waals surface area contributed by atoms with Gasteiger partial charge in [0.15, 0.2) is 0 Å². The van der Waals surface area contributed by atoms with Gasteiger partial charge >= 0.3 is 0 Å². The van der Waals surface area contributed by atoms with E-state index >= 15 is 0 Å². The van der Waals surface area contributed by atoms with Crippen molar-refractivity contribution in [1.82, 2.24) is 5.32 Å². The van der Waals surface area contributed by atoms with Crippen LogP contribution in [0.4, 0.5) is 0 Å². The molecule has 78 valence electrons. The summed E-state index contributed by atoms with van der Waals surface area (Å²) in [4.78, 5) is 0. The van der Waals surface area contributed by atoms with Crippen LogP contribution >= 0.6 is 28.3 Å². The van der Waals surface area contributed by atoms with Gasteiger partial charge in [-0.25, -0.2) is 0 Å². The van der Waals surface area contributed by atoms with Gasteiger partial charge < -0.3 is 5.32 Å². The molecule has 14 heavy (non-hydrogen) atoms. The van der Waals surface area contributed by atoms with Crippen molar-refractivity contribution in [3.05, 3.63) is 34.3 Å². The van der Waals surface area contributed by atoms with Crippen LogP contribution in [0.5, 0.6) is 0 Å². The number of benzene rings is 1. The summed E-state index contributed by atoms with van der Waals surface area (Å²) in [5.74, 6) is 0. The van der Waals surface area contributed by atoms with Crippen LogP contribution in [0.15, 0.2) is 28.7 Å². The van der Waals surface area contributed by atoms with Gasteiger partial charge in [0.05, 0.1) is 0 Å². The third-order valence-electron chi connectivity index (χ3n) is 2.43. The fraction of sp³-hybridized carbons (Fsp3) is 0.455. The van der Waals surface area contributed by atoms with Crippen molar-refractivity contribution in [2.75, 3.05) is 0 Å². The monoisotopic (exact) mass is 275 g/mol. The van der Waals surface area contributed by atoms with Crippen molar-refractivity contribution >= 4 is 28.3 Å². The van der Waals surface area contributed by atoms with E-state index in [-0.39, 0.29) is 12.4 Å². The summed E-state index contributed by atoms with van der Waals surface area (Å²) in [5.41, 5.74) is 1.36. The zero-order chi connectivity index (χ0) is 9.26. The third kappa shape index (κ3) is 2.97. The van der Waals surface area contributed by atoms with Crippen LogP contribution in [0, 0.1) is 0 Å². The Bertz CT molecular complexity index is 299. The highest BCUT2D eigenvalue weighted by molar-refractivity contribution is 9.10. The average molecular weight is 277 g/mol. The lowest BCUT2D eigenvalue weighted by Gasteiger charge is -2.14. The Labute approximate surface area is 99.8 Å². The molecule has 0 heterocycles. The number of nitrogens with one attached hydrogen (secondary N) is 1. The first-order chi connectivity index (χ1) is 6.27. The quantitative estimate of drug-likeness (QED) is 0.888. The second kappa shape index (κ2) is 5.15. The summed E-state index contributed by atoms with van der Waals surface area (Å²) in [6.07, 6.45) is 2.68. The van der Waals surface area contributed by atoms with Crippen molar-refractivity contribution in [1.29, 1.82) is 0 Å². The Morgan fingerprint density at radius 1 is 1.36 bits per heavy atom. The van der Waals surface area contributed by atoms with Crippen molar-refractivity contribution in [2.24, 2.45) is 0 Å². The van der Waals surface area contributed by atoms with Gasteiger partial charge in [-0.3, -0.25) is 0 Å². The lowest BCUT2D eigenvalue weighted by Crippen LogP contribution is -2.20. The minimum absolute atomic E-state index is 0. The molecule has 0 spiro atoms. The van der Waals surface area contributed by atoms with Gasteiger partial charge in [0.25, 0.3) is 0 Å². The van der Waals surface area contributed by atoms with Crippen LogP contribution in [0.3, 0.4) is 0 Å². The lowest BCUT2D eigenvalue weighted by molar-refractivity contribution is 0.569. The first-order valence-corrected chi connectivity index (χ1v) is 5.57. The van der Waals surface area contributed by atoms with Gasteiger partial charge in [0.2, 0.25) is 0 Å². The minimum atomic E-state index is 0. The molecule has 0 saturated heterocycles. The summed E-state index contributed by atoms with van der Waals surface area (Å²) in [7, 11) is 0. The largest absolute Gasteiger partial charge is 0.307 e. The molecule has 0 unspecified atom stereocenters. The van der Waals surface area contributed by atoms with Gasteiger partial charge in [-0.1, -0.05) is 34.1 Å². The topological polar surface area (TPSA) is 12.0 Å². The molecular weight excluding hydrogens is 261 g/mol. The molecule has 0 aromatic heterocycles. The van der Waals surface area contributed by atoms with E-state index in [1.54, 1.807) is 0 Å². The second-order valence-electron chi connectivity index (χ2n) is 3.68. The molecule has 1 aromatic carbocycles. The van der Waals surface area contributed by atoms with Crippen LogP contribution in [-0.2, 0) is 0 Å². The Morgan fingerprint density at radius 3 is 2.57 bits per heavy atom. The van der Waals surface area contributed by atoms with E-state index in [0.717, 1.165) is 6.04 Å². The third-order valence-corrected chi connectivity index (χ3v) is 3.16. The van der Waals surface area contributed by atoms with Crippen molar-refractivity contribution < 1.29 is 0 Å². The molecule has 0 amide bonds. The molecule has 1 aromatic rings. The van der Waals surface area contributed by atoms with Crippen LogP contribution in [-0.4, -0.2) is 6.04 Å².